The molecule has 2 amide bonds. The molecule has 0 bridgehead atoms. The zero-order valence-electron chi connectivity index (χ0n) is 18.2. The number of likely N-dealkylation sites (N-methyl/N-ethyl adjacent to an activating group) is 1. The Bertz CT molecular complexity index is 875. The van der Waals surface area contributed by atoms with Crippen molar-refractivity contribution in [2.45, 2.75) is 39.5 Å². The van der Waals surface area contributed by atoms with Gasteiger partial charge in [-0.1, -0.05) is 0 Å². The topological polar surface area (TPSA) is 98.8 Å². The fraction of sp³-hybridized carbons (Fsp3) is 0.600. The molecule has 0 aliphatic carbocycles. The number of rotatable bonds is 6. The van der Waals surface area contributed by atoms with Crippen LogP contribution in [0.5, 0.6) is 0 Å². The normalized spacial score (nSPS) is 15.9. The molecule has 1 aromatic carbocycles. The standard InChI is InChI=1S/C20H32N4O4S/c1-13-14(2)16(4)20(17(5)15(13)3)29(27,28)24-9-7-23(8-10-24)12-19(26)22-11-18(25)21-6/h7-12H2,1-6H3,(H,21,25)(H,22,26). The Morgan fingerprint density at radius 3 is 1.79 bits per heavy atom. The van der Waals surface area contributed by atoms with Crippen LogP contribution in [0.3, 0.4) is 0 Å². The minimum atomic E-state index is -3.61. The molecule has 0 radical (unpaired) electrons. The first-order chi connectivity index (χ1) is 13.5. The van der Waals surface area contributed by atoms with Crippen LogP contribution in [0.2, 0.25) is 0 Å². The fourth-order valence-electron chi connectivity index (χ4n) is 3.64. The first-order valence-electron chi connectivity index (χ1n) is 9.77. The fourth-order valence-corrected chi connectivity index (χ4v) is 5.62. The van der Waals surface area contributed by atoms with Gasteiger partial charge >= 0.3 is 0 Å². The van der Waals surface area contributed by atoms with E-state index in [9.17, 15) is 18.0 Å². The van der Waals surface area contributed by atoms with Crippen molar-refractivity contribution in [2.24, 2.45) is 0 Å². The predicted molar refractivity (Wildman–Crippen MR) is 112 cm³/mol. The highest BCUT2D eigenvalue weighted by Gasteiger charge is 2.32. The molecule has 0 unspecified atom stereocenters. The van der Waals surface area contributed by atoms with Crippen LogP contribution >= 0.6 is 0 Å². The van der Waals surface area contributed by atoms with E-state index in [1.54, 1.807) is 0 Å². The van der Waals surface area contributed by atoms with Gasteiger partial charge in [-0.2, -0.15) is 4.31 Å². The van der Waals surface area contributed by atoms with E-state index in [4.69, 9.17) is 0 Å². The van der Waals surface area contributed by atoms with Crippen LogP contribution in [0.25, 0.3) is 0 Å². The lowest BCUT2D eigenvalue weighted by Gasteiger charge is -2.34. The monoisotopic (exact) mass is 424 g/mol. The molecule has 1 heterocycles. The van der Waals surface area contributed by atoms with E-state index in [2.05, 4.69) is 10.6 Å². The highest BCUT2D eigenvalue weighted by molar-refractivity contribution is 7.89. The molecule has 1 aromatic rings. The van der Waals surface area contributed by atoms with Crippen molar-refractivity contribution in [2.75, 3.05) is 46.3 Å². The first-order valence-corrected chi connectivity index (χ1v) is 11.2. The van der Waals surface area contributed by atoms with Crippen molar-refractivity contribution in [3.05, 3.63) is 27.8 Å². The van der Waals surface area contributed by atoms with Gasteiger partial charge < -0.3 is 10.6 Å². The molecule has 0 spiro atoms. The number of hydrogen-bond donors (Lipinski definition) is 2. The van der Waals surface area contributed by atoms with Gasteiger partial charge in [0.2, 0.25) is 21.8 Å². The van der Waals surface area contributed by atoms with E-state index in [1.807, 2.05) is 39.5 Å². The summed E-state index contributed by atoms with van der Waals surface area (Å²) in [6.07, 6.45) is 0. The van der Waals surface area contributed by atoms with Crippen LogP contribution in [0, 0.1) is 34.6 Å². The summed E-state index contributed by atoms with van der Waals surface area (Å²) < 4.78 is 28.2. The molecule has 1 fully saturated rings. The Kier molecular flexibility index (Phi) is 7.42. The second-order valence-electron chi connectivity index (χ2n) is 7.58. The largest absolute Gasteiger partial charge is 0.358 e. The minimum Gasteiger partial charge on any atom is -0.358 e. The van der Waals surface area contributed by atoms with Crippen LogP contribution in [0.4, 0.5) is 0 Å². The van der Waals surface area contributed by atoms with Gasteiger partial charge in [-0.3, -0.25) is 14.5 Å². The first kappa shape index (κ1) is 23.3. The van der Waals surface area contributed by atoms with Crippen molar-refractivity contribution in [1.29, 1.82) is 0 Å². The molecule has 1 aliphatic rings. The van der Waals surface area contributed by atoms with Crippen molar-refractivity contribution in [3.63, 3.8) is 0 Å². The summed E-state index contributed by atoms with van der Waals surface area (Å²) >= 11 is 0. The average Bonchev–Trinajstić information content (AvgIpc) is 2.69. The van der Waals surface area contributed by atoms with Crippen LogP contribution in [-0.2, 0) is 19.6 Å². The summed E-state index contributed by atoms with van der Waals surface area (Å²) in [6.45, 7) is 11.4. The molecule has 0 saturated carbocycles. The van der Waals surface area contributed by atoms with Crippen molar-refractivity contribution < 1.29 is 18.0 Å². The number of piperazine rings is 1. The second-order valence-corrected chi connectivity index (χ2v) is 9.46. The predicted octanol–water partition coefficient (Wildman–Crippen LogP) is 0.397. The molecule has 1 aliphatic heterocycles. The number of carbonyl (C=O) groups is 2. The van der Waals surface area contributed by atoms with Gasteiger partial charge in [0.05, 0.1) is 18.0 Å². The third-order valence-corrected chi connectivity index (χ3v) is 8.13. The lowest BCUT2D eigenvalue weighted by atomic mass is 9.95. The molecular weight excluding hydrogens is 392 g/mol. The van der Waals surface area contributed by atoms with Gasteiger partial charge in [-0.15, -0.1) is 0 Å². The highest BCUT2D eigenvalue weighted by atomic mass is 32.2. The summed E-state index contributed by atoms with van der Waals surface area (Å²) in [4.78, 5) is 25.5. The maximum atomic E-state index is 13.4. The maximum Gasteiger partial charge on any atom is 0.243 e. The molecule has 2 rings (SSSR count). The lowest BCUT2D eigenvalue weighted by Crippen LogP contribution is -2.51. The molecule has 29 heavy (non-hydrogen) atoms. The van der Waals surface area contributed by atoms with Gasteiger partial charge in [0.1, 0.15) is 0 Å². The molecule has 0 aromatic heterocycles. The summed E-state index contributed by atoms with van der Waals surface area (Å²) in [5, 5.41) is 5.00. The SMILES string of the molecule is CNC(=O)CNC(=O)CN1CCN(S(=O)(=O)c2c(C)c(C)c(C)c(C)c2C)CC1. The zero-order chi connectivity index (χ0) is 21.9. The molecule has 0 atom stereocenters. The van der Waals surface area contributed by atoms with Crippen LogP contribution in [0.15, 0.2) is 4.90 Å². The Hall–Kier alpha value is -1.97. The number of sulfonamides is 1. The van der Waals surface area contributed by atoms with E-state index in [0.717, 1.165) is 27.8 Å². The number of hydrogen-bond acceptors (Lipinski definition) is 5. The molecule has 1 saturated heterocycles. The van der Waals surface area contributed by atoms with Gasteiger partial charge in [0.25, 0.3) is 0 Å². The van der Waals surface area contributed by atoms with Crippen molar-refractivity contribution >= 4 is 21.8 Å². The number of nitrogens with one attached hydrogen (secondary N) is 2. The summed E-state index contributed by atoms with van der Waals surface area (Å²) in [5.41, 5.74) is 4.77. The Balaban J connectivity index is 2.08. The minimum absolute atomic E-state index is 0.0612. The van der Waals surface area contributed by atoms with E-state index >= 15 is 0 Å². The molecular formula is C20H32N4O4S. The molecule has 9 heteroatoms. The summed E-state index contributed by atoms with van der Waals surface area (Å²) in [7, 11) is -2.10. The lowest BCUT2D eigenvalue weighted by molar-refractivity contribution is -0.126. The van der Waals surface area contributed by atoms with E-state index in [1.165, 1.54) is 11.4 Å². The third kappa shape index (κ3) is 4.96. The van der Waals surface area contributed by atoms with Crippen LogP contribution in [0.1, 0.15) is 27.8 Å². The van der Waals surface area contributed by atoms with E-state index in [-0.39, 0.29) is 24.9 Å². The molecule has 8 nitrogen and oxygen atoms in total. The summed E-state index contributed by atoms with van der Waals surface area (Å²) in [6, 6.07) is 0. The van der Waals surface area contributed by atoms with Crippen LogP contribution < -0.4 is 10.6 Å². The van der Waals surface area contributed by atoms with Gasteiger partial charge in [-0.05, 0) is 62.4 Å². The average molecular weight is 425 g/mol. The van der Waals surface area contributed by atoms with E-state index in [0.29, 0.717) is 31.1 Å². The Morgan fingerprint density at radius 1 is 0.828 bits per heavy atom. The molecule has 2 N–H and O–H groups in total. The maximum absolute atomic E-state index is 13.4. The highest BCUT2D eigenvalue weighted by Crippen LogP contribution is 2.31. The number of nitrogens with zero attached hydrogens (tertiary/aromatic N) is 2. The van der Waals surface area contributed by atoms with Crippen molar-refractivity contribution in [3.8, 4) is 0 Å². The van der Waals surface area contributed by atoms with Crippen LogP contribution in [-0.4, -0.2) is 75.8 Å². The third-order valence-electron chi connectivity index (χ3n) is 5.95. The Labute approximate surface area is 173 Å². The number of amides is 2. The van der Waals surface area contributed by atoms with Crippen molar-refractivity contribution in [1.82, 2.24) is 19.8 Å². The Morgan fingerprint density at radius 2 is 1.31 bits per heavy atom. The smallest absolute Gasteiger partial charge is 0.243 e. The number of carbonyl (C=O) groups excluding carboxylic acids is 2. The second kappa shape index (κ2) is 9.23. The summed E-state index contributed by atoms with van der Waals surface area (Å²) in [5.74, 6) is -0.509. The number of benzene rings is 1. The van der Waals surface area contributed by atoms with Gasteiger partial charge in [0, 0.05) is 33.2 Å². The molecule has 162 valence electrons. The zero-order valence-corrected chi connectivity index (χ0v) is 19.0. The van der Waals surface area contributed by atoms with Gasteiger partial charge in [0.15, 0.2) is 0 Å². The quantitative estimate of drug-likeness (QED) is 0.689. The van der Waals surface area contributed by atoms with E-state index < -0.39 is 10.0 Å². The van der Waals surface area contributed by atoms with Gasteiger partial charge in [-0.25, -0.2) is 8.42 Å².